The summed E-state index contributed by atoms with van der Waals surface area (Å²) in [6.45, 7) is 1.99. The van der Waals surface area contributed by atoms with E-state index in [1.807, 2.05) is 37.3 Å². The second-order valence-electron chi connectivity index (χ2n) is 3.52. The van der Waals surface area contributed by atoms with Gasteiger partial charge in [0.2, 0.25) is 0 Å². The zero-order chi connectivity index (χ0) is 11.0. The van der Waals surface area contributed by atoms with E-state index >= 15 is 0 Å². The van der Waals surface area contributed by atoms with Gasteiger partial charge in [-0.2, -0.15) is 5.10 Å². The number of nitrogens with zero attached hydrogens (tertiary/aromatic N) is 4. The summed E-state index contributed by atoms with van der Waals surface area (Å²) in [4.78, 5) is 8.17. The van der Waals surface area contributed by atoms with E-state index < -0.39 is 0 Å². The van der Waals surface area contributed by atoms with E-state index in [1.54, 1.807) is 4.52 Å². The van der Waals surface area contributed by atoms with E-state index in [0.29, 0.717) is 5.78 Å². The van der Waals surface area contributed by atoms with Crippen molar-refractivity contribution in [3.05, 3.63) is 48.5 Å². The van der Waals surface area contributed by atoms with Crippen LogP contribution >= 0.6 is 0 Å². The van der Waals surface area contributed by atoms with Gasteiger partial charge in [-0.25, -0.2) is 4.98 Å². The Labute approximate surface area is 124 Å². The van der Waals surface area contributed by atoms with Crippen LogP contribution in [0.2, 0.25) is 0 Å². The minimum atomic E-state index is 0. The quantitative estimate of drug-likeness (QED) is 0.644. The number of aryl methyl sites for hydroxylation is 1. The number of benzene rings is 1. The Morgan fingerprint density at radius 2 is 1.94 bits per heavy atom. The molecule has 0 fully saturated rings. The molecule has 3 aromatic rings. The largest absolute Gasteiger partial charge is 0.318 e. The van der Waals surface area contributed by atoms with Crippen LogP contribution in [0.4, 0.5) is 0 Å². The molecule has 81 valence electrons. The molecule has 0 bridgehead atoms. The normalized spacial score (nSPS) is 10.2. The Balaban J connectivity index is 0.00000108. The third-order valence-corrected chi connectivity index (χ3v) is 2.54. The van der Waals surface area contributed by atoms with Crippen molar-refractivity contribution in [3.63, 3.8) is 0 Å². The van der Waals surface area contributed by atoms with Crippen LogP contribution in [-0.4, -0.2) is 19.6 Å². The van der Waals surface area contributed by atoms with Crippen LogP contribution in [0.15, 0.2) is 36.7 Å². The molecule has 0 aliphatic heterocycles. The molecule has 3 rings (SSSR count). The first kappa shape index (κ1) is 12.3. The first-order valence-corrected chi connectivity index (χ1v) is 5.00. The van der Waals surface area contributed by atoms with Crippen molar-refractivity contribution in [2.45, 2.75) is 6.92 Å². The van der Waals surface area contributed by atoms with Crippen molar-refractivity contribution in [1.29, 1.82) is 0 Å². The van der Waals surface area contributed by atoms with Crippen molar-refractivity contribution >= 4 is 5.78 Å². The summed E-state index contributed by atoms with van der Waals surface area (Å²) < 4.78 is 1.72. The van der Waals surface area contributed by atoms with Gasteiger partial charge in [0.25, 0.3) is 0 Å². The van der Waals surface area contributed by atoms with Gasteiger partial charge < -0.3 is 4.98 Å². The smallest absolute Gasteiger partial charge is 0.166 e. The standard InChI is InChI=1S/C12H9N4.Y/c1-9-11(10-5-3-2-4-6-10)7-13-12-14-8-15-16(9)12;/h2-6,8H,1H3;/q-1;. The molecule has 0 aliphatic carbocycles. The Kier molecular flexibility index (Phi) is 3.64. The molecule has 0 N–H and O–H groups in total. The van der Waals surface area contributed by atoms with Gasteiger partial charge in [0.15, 0.2) is 5.78 Å². The Hall–Kier alpha value is -1.13. The molecule has 0 saturated carbocycles. The van der Waals surface area contributed by atoms with E-state index in [4.69, 9.17) is 0 Å². The Bertz CT molecular complexity index is 633. The summed E-state index contributed by atoms with van der Waals surface area (Å²) in [5.74, 6) is 0.581. The van der Waals surface area contributed by atoms with Crippen LogP contribution in [0.5, 0.6) is 0 Å². The molecule has 1 radical (unpaired) electrons. The summed E-state index contributed by atoms with van der Waals surface area (Å²) in [5, 5.41) is 4.13. The first-order valence-electron chi connectivity index (χ1n) is 5.00. The Morgan fingerprint density at radius 3 is 2.71 bits per heavy atom. The fourth-order valence-corrected chi connectivity index (χ4v) is 1.72. The van der Waals surface area contributed by atoms with Gasteiger partial charge in [-0.05, 0) is 11.9 Å². The van der Waals surface area contributed by atoms with E-state index in [-0.39, 0.29) is 32.7 Å². The van der Waals surface area contributed by atoms with Crippen molar-refractivity contribution in [2.24, 2.45) is 0 Å². The molecule has 0 saturated heterocycles. The SMILES string of the molecule is Cc1c(-c2ccccc2)[c-]nc2ncnn12.[Y]. The molecule has 1 aromatic carbocycles. The molecule has 4 nitrogen and oxygen atoms in total. The van der Waals surface area contributed by atoms with Gasteiger partial charge in [-0.15, -0.1) is 5.56 Å². The average Bonchev–Trinajstić information content (AvgIpc) is 2.80. The fourth-order valence-electron chi connectivity index (χ4n) is 1.72. The summed E-state index contributed by atoms with van der Waals surface area (Å²) in [6, 6.07) is 10.0. The van der Waals surface area contributed by atoms with Crippen molar-refractivity contribution in [1.82, 2.24) is 19.6 Å². The van der Waals surface area contributed by atoms with Crippen LogP contribution in [0, 0.1) is 13.1 Å². The van der Waals surface area contributed by atoms with Gasteiger partial charge in [-0.1, -0.05) is 42.8 Å². The van der Waals surface area contributed by atoms with Crippen LogP contribution in [0.1, 0.15) is 5.69 Å². The minimum Gasteiger partial charge on any atom is -0.318 e. The summed E-state index contributed by atoms with van der Waals surface area (Å²) >= 11 is 0. The summed E-state index contributed by atoms with van der Waals surface area (Å²) in [6.07, 6.45) is 4.51. The molecule has 0 atom stereocenters. The maximum atomic E-state index is 4.14. The van der Waals surface area contributed by atoms with Crippen LogP contribution in [-0.2, 0) is 32.7 Å². The van der Waals surface area contributed by atoms with Crippen molar-refractivity contribution < 1.29 is 32.7 Å². The van der Waals surface area contributed by atoms with Crippen LogP contribution < -0.4 is 0 Å². The fraction of sp³-hybridized carbons (Fsp3) is 0.0833. The molecule has 0 spiro atoms. The number of aromatic nitrogens is 4. The predicted octanol–water partition coefficient (Wildman–Crippen LogP) is 1.90. The number of rotatable bonds is 1. The van der Waals surface area contributed by atoms with Gasteiger partial charge in [0.1, 0.15) is 6.33 Å². The van der Waals surface area contributed by atoms with Crippen LogP contribution in [0.25, 0.3) is 16.9 Å². The molecular formula is C12H9N4Y-. The van der Waals surface area contributed by atoms with Crippen molar-refractivity contribution in [3.8, 4) is 11.1 Å². The predicted molar refractivity (Wildman–Crippen MR) is 59.8 cm³/mol. The topological polar surface area (TPSA) is 43.1 Å². The average molecular weight is 298 g/mol. The maximum absolute atomic E-state index is 4.14. The zero-order valence-corrected chi connectivity index (χ0v) is 12.2. The van der Waals surface area contributed by atoms with Gasteiger partial charge >= 0.3 is 0 Å². The molecule has 0 aliphatic rings. The van der Waals surface area contributed by atoms with E-state index in [1.165, 1.54) is 6.33 Å². The third-order valence-electron chi connectivity index (χ3n) is 2.54. The monoisotopic (exact) mass is 298 g/mol. The molecule has 0 amide bonds. The van der Waals surface area contributed by atoms with E-state index in [9.17, 15) is 0 Å². The number of fused-ring (bicyclic) bond motifs is 1. The van der Waals surface area contributed by atoms with Gasteiger partial charge in [-0.3, -0.25) is 4.52 Å². The zero-order valence-electron chi connectivity index (χ0n) is 9.33. The summed E-state index contributed by atoms with van der Waals surface area (Å²) in [7, 11) is 0. The maximum Gasteiger partial charge on any atom is 0.166 e. The van der Waals surface area contributed by atoms with Gasteiger partial charge in [0, 0.05) is 32.7 Å². The Morgan fingerprint density at radius 1 is 1.18 bits per heavy atom. The molecule has 0 unspecified atom stereocenters. The van der Waals surface area contributed by atoms with Crippen LogP contribution in [0.3, 0.4) is 0 Å². The van der Waals surface area contributed by atoms with E-state index in [2.05, 4.69) is 21.3 Å². The summed E-state index contributed by atoms with van der Waals surface area (Å²) in [5.41, 5.74) is 3.04. The van der Waals surface area contributed by atoms with Gasteiger partial charge in [0.05, 0.1) is 0 Å². The molecule has 2 heterocycles. The molecule has 17 heavy (non-hydrogen) atoms. The second-order valence-corrected chi connectivity index (χ2v) is 3.52. The van der Waals surface area contributed by atoms with E-state index in [0.717, 1.165) is 16.8 Å². The number of hydrogen-bond donors (Lipinski definition) is 0. The first-order chi connectivity index (χ1) is 7.86. The number of hydrogen-bond acceptors (Lipinski definition) is 3. The molecule has 2 aromatic heterocycles. The molecule has 5 heteroatoms. The third kappa shape index (κ3) is 2.15. The second kappa shape index (κ2) is 5.02. The van der Waals surface area contributed by atoms with Crippen molar-refractivity contribution in [2.75, 3.05) is 0 Å². The minimum absolute atomic E-state index is 0. The molecular weight excluding hydrogens is 289 g/mol.